The van der Waals surface area contributed by atoms with Gasteiger partial charge >= 0.3 is 0 Å². The molecule has 2 aromatic carbocycles. The fourth-order valence-electron chi connectivity index (χ4n) is 2.12. The minimum absolute atomic E-state index is 0.0471. The molecule has 4 heteroatoms. The van der Waals surface area contributed by atoms with Gasteiger partial charge in [0.1, 0.15) is 5.75 Å². The number of aromatic hydroxyl groups is 1. The molecule has 0 radical (unpaired) electrons. The lowest BCUT2D eigenvalue weighted by Gasteiger charge is -2.27. The first kappa shape index (κ1) is 14.9. The van der Waals surface area contributed by atoms with Gasteiger partial charge in [-0.15, -0.1) is 0 Å². The molecule has 3 N–H and O–H groups in total. The predicted molar refractivity (Wildman–Crippen MR) is 84.0 cm³/mol. The number of phenolic OH excluding ortho intramolecular Hbond substituents is 1. The lowest BCUT2D eigenvalue weighted by Crippen LogP contribution is -2.36. The van der Waals surface area contributed by atoms with Crippen LogP contribution < -0.4 is 5.73 Å². The molecule has 0 unspecified atom stereocenters. The lowest BCUT2D eigenvalue weighted by atomic mass is 10.1. The first-order valence-corrected chi connectivity index (χ1v) is 6.92. The molecular formula is C17H20N2O2. The van der Waals surface area contributed by atoms with Crippen molar-refractivity contribution in [3.63, 3.8) is 0 Å². The monoisotopic (exact) mass is 284 g/mol. The van der Waals surface area contributed by atoms with Crippen molar-refractivity contribution < 1.29 is 9.90 Å². The zero-order chi connectivity index (χ0) is 15.4. The van der Waals surface area contributed by atoms with Crippen LogP contribution in [-0.2, 0) is 6.54 Å². The quantitative estimate of drug-likeness (QED) is 0.848. The second-order valence-corrected chi connectivity index (χ2v) is 5.27. The summed E-state index contributed by atoms with van der Waals surface area (Å²) in [5.74, 6) is 0.0724. The summed E-state index contributed by atoms with van der Waals surface area (Å²) in [6, 6.07) is 13.9. The lowest BCUT2D eigenvalue weighted by molar-refractivity contribution is 0.0691. The Bertz CT molecular complexity index is 621. The number of carbonyl (C=O) groups excluding carboxylic acids is 1. The summed E-state index contributed by atoms with van der Waals surface area (Å²) < 4.78 is 0. The minimum Gasteiger partial charge on any atom is -0.508 e. The molecule has 0 atom stereocenters. The highest BCUT2D eigenvalue weighted by Gasteiger charge is 2.19. The Morgan fingerprint density at radius 3 is 2.33 bits per heavy atom. The van der Waals surface area contributed by atoms with E-state index in [1.165, 1.54) is 12.1 Å². The summed E-state index contributed by atoms with van der Waals surface area (Å²) >= 11 is 0. The second-order valence-electron chi connectivity index (χ2n) is 5.27. The van der Waals surface area contributed by atoms with Crippen molar-refractivity contribution in [2.45, 2.75) is 26.4 Å². The Morgan fingerprint density at radius 1 is 1.14 bits per heavy atom. The van der Waals surface area contributed by atoms with Crippen molar-refractivity contribution in [3.05, 3.63) is 59.7 Å². The van der Waals surface area contributed by atoms with Gasteiger partial charge in [0.25, 0.3) is 5.91 Å². The predicted octanol–water partition coefficient (Wildman–Crippen LogP) is 3.03. The first-order valence-electron chi connectivity index (χ1n) is 6.92. The van der Waals surface area contributed by atoms with Crippen LogP contribution in [0.5, 0.6) is 5.75 Å². The van der Waals surface area contributed by atoms with E-state index in [1.807, 2.05) is 38.1 Å². The van der Waals surface area contributed by atoms with E-state index >= 15 is 0 Å². The summed E-state index contributed by atoms with van der Waals surface area (Å²) in [6.45, 7) is 4.40. The SMILES string of the molecule is CC(C)N(Cc1ccccc1N)C(=O)c1ccc(O)cc1. The van der Waals surface area contributed by atoms with E-state index in [2.05, 4.69) is 0 Å². The van der Waals surface area contributed by atoms with Gasteiger partial charge in [0.15, 0.2) is 0 Å². The Labute approximate surface area is 124 Å². The van der Waals surface area contributed by atoms with Gasteiger partial charge in [-0.25, -0.2) is 0 Å². The fourth-order valence-corrected chi connectivity index (χ4v) is 2.12. The van der Waals surface area contributed by atoms with Crippen LogP contribution in [0.2, 0.25) is 0 Å². The number of amides is 1. The highest BCUT2D eigenvalue weighted by molar-refractivity contribution is 5.94. The molecule has 0 aliphatic carbocycles. The molecular weight excluding hydrogens is 264 g/mol. The third kappa shape index (κ3) is 3.54. The zero-order valence-corrected chi connectivity index (χ0v) is 12.3. The second kappa shape index (κ2) is 6.31. The number of benzene rings is 2. The van der Waals surface area contributed by atoms with E-state index in [-0.39, 0.29) is 17.7 Å². The number of anilines is 1. The van der Waals surface area contributed by atoms with Crippen molar-refractivity contribution in [1.29, 1.82) is 0 Å². The topological polar surface area (TPSA) is 66.6 Å². The molecule has 4 nitrogen and oxygen atoms in total. The molecule has 21 heavy (non-hydrogen) atoms. The van der Waals surface area contributed by atoms with Crippen LogP contribution >= 0.6 is 0 Å². The van der Waals surface area contributed by atoms with Crippen molar-refractivity contribution in [3.8, 4) is 5.75 Å². The van der Waals surface area contributed by atoms with Crippen LogP contribution in [0, 0.1) is 0 Å². The standard InChI is InChI=1S/C17H20N2O2/c1-12(2)19(11-14-5-3-4-6-16(14)18)17(21)13-7-9-15(20)10-8-13/h3-10,12,20H,11,18H2,1-2H3. The first-order chi connectivity index (χ1) is 9.99. The molecule has 0 spiro atoms. The maximum atomic E-state index is 12.6. The zero-order valence-electron chi connectivity index (χ0n) is 12.3. The molecule has 0 fully saturated rings. The molecule has 0 aliphatic rings. The number of nitrogens with zero attached hydrogens (tertiary/aromatic N) is 1. The van der Waals surface area contributed by atoms with Crippen LogP contribution in [0.25, 0.3) is 0 Å². The molecule has 2 rings (SSSR count). The van der Waals surface area contributed by atoms with Gasteiger partial charge in [-0.3, -0.25) is 4.79 Å². The molecule has 110 valence electrons. The van der Waals surface area contributed by atoms with Gasteiger partial charge in [0.05, 0.1) is 0 Å². The Hall–Kier alpha value is -2.49. The van der Waals surface area contributed by atoms with Crippen LogP contribution in [-0.4, -0.2) is 22.0 Å². The van der Waals surface area contributed by atoms with Crippen molar-refractivity contribution in [2.75, 3.05) is 5.73 Å². The highest BCUT2D eigenvalue weighted by Crippen LogP contribution is 2.18. The average molecular weight is 284 g/mol. The average Bonchev–Trinajstić information content (AvgIpc) is 2.46. The molecule has 0 aromatic heterocycles. The number of carbonyl (C=O) groups is 1. The van der Waals surface area contributed by atoms with Crippen LogP contribution in [0.15, 0.2) is 48.5 Å². The number of nitrogens with two attached hydrogens (primary N) is 1. The molecule has 0 bridgehead atoms. The minimum atomic E-state index is -0.0757. The highest BCUT2D eigenvalue weighted by atomic mass is 16.3. The molecule has 0 saturated heterocycles. The van der Waals surface area contributed by atoms with Gasteiger partial charge in [-0.2, -0.15) is 0 Å². The van der Waals surface area contributed by atoms with Gasteiger partial charge in [-0.1, -0.05) is 18.2 Å². The van der Waals surface area contributed by atoms with Gasteiger partial charge in [0, 0.05) is 23.8 Å². The van der Waals surface area contributed by atoms with E-state index in [0.717, 1.165) is 5.56 Å². The third-order valence-electron chi connectivity index (χ3n) is 3.39. The summed E-state index contributed by atoms with van der Waals surface area (Å²) in [4.78, 5) is 14.4. The van der Waals surface area contributed by atoms with Crippen molar-refractivity contribution >= 4 is 11.6 Å². The number of hydrogen-bond acceptors (Lipinski definition) is 3. The van der Waals surface area contributed by atoms with E-state index in [1.54, 1.807) is 17.0 Å². The summed E-state index contributed by atoms with van der Waals surface area (Å²) in [5.41, 5.74) is 8.12. The normalized spacial score (nSPS) is 10.6. The maximum Gasteiger partial charge on any atom is 0.254 e. The number of hydrogen-bond donors (Lipinski definition) is 2. The Morgan fingerprint density at radius 2 is 1.76 bits per heavy atom. The van der Waals surface area contributed by atoms with Crippen molar-refractivity contribution in [1.82, 2.24) is 4.90 Å². The van der Waals surface area contributed by atoms with E-state index in [0.29, 0.717) is 17.8 Å². The summed E-state index contributed by atoms with van der Waals surface area (Å²) in [7, 11) is 0. The number of para-hydroxylation sites is 1. The van der Waals surface area contributed by atoms with Crippen LogP contribution in [0.1, 0.15) is 29.8 Å². The van der Waals surface area contributed by atoms with Crippen LogP contribution in [0.3, 0.4) is 0 Å². The molecule has 0 aliphatic heterocycles. The van der Waals surface area contributed by atoms with Crippen molar-refractivity contribution in [2.24, 2.45) is 0 Å². The molecule has 0 heterocycles. The van der Waals surface area contributed by atoms with Gasteiger partial charge in [0.2, 0.25) is 0 Å². The number of rotatable bonds is 4. The summed E-state index contributed by atoms with van der Waals surface area (Å²) in [6.07, 6.45) is 0. The largest absolute Gasteiger partial charge is 0.508 e. The number of phenols is 1. The van der Waals surface area contributed by atoms with Crippen LogP contribution in [0.4, 0.5) is 5.69 Å². The third-order valence-corrected chi connectivity index (χ3v) is 3.39. The Kier molecular flexibility index (Phi) is 4.48. The molecule has 2 aromatic rings. The van der Waals surface area contributed by atoms with E-state index < -0.39 is 0 Å². The van der Waals surface area contributed by atoms with Gasteiger partial charge in [-0.05, 0) is 49.7 Å². The van der Waals surface area contributed by atoms with Gasteiger partial charge < -0.3 is 15.7 Å². The Balaban J connectivity index is 2.25. The molecule has 0 saturated carbocycles. The maximum absolute atomic E-state index is 12.6. The smallest absolute Gasteiger partial charge is 0.254 e. The van der Waals surface area contributed by atoms with E-state index in [9.17, 15) is 9.90 Å². The van der Waals surface area contributed by atoms with E-state index in [4.69, 9.17) is 5.73 Å². The fraction of sp³-hybridized carbons (Fsp3) is 0.235. The number of nitrogen functional groups attached to an aromatic ring is 1. The molecule has 1 amide bonds. The summed E-state index contributed by atoms with van der Waals surface area (Å²) in [5, 5.41) is 9.32.